The summed E-state index contributed by atoms with van der Waals surface area (Å²) in [5.41, 5.74) is 4.58. The van der Waals surface area contributed by atoms with Crippen LogP contribution in [0.4, 0.5) is 0 Å². The maximum Gasteiger partial charge on any atom is 0.161 e. The van der Waals surface area contributed by atoms with E-state index in [1.54, 1.807) is 14.2 Å². The molecule has 1 N–H and O–H groups in total. The molecule has 0 amide bonds. The first kappa shape index (κ1) is 19.4. The van der Waals surface area contributed by atoms with Gasteiger partial charge in [0, 0.05) is 12.1 Å². The number of nitrogens with one attached hydrogen (secondary N) is 1. The fourth-order valence-electron chi connectivity index (χ4n) is 3.68. The highest BCUT2D eigenvalue weighted by atomic mass is 16.5. The molecule has 1 heterocycles. The van der Waals surface area contributed by atoms with Crippen LogP contribution >= 0.6 is 0 Å². The Labute approximate surface area is 161 Å². The Kier molecular flexibility index (Phi) is 6.11. The summed E-state index contributed by atoms with van der Waals surface area (Å²) < 4.78 is 22.9. The van der Waals surface area contributed by atoms with Crippen LogP contribution in [0.25, 0.3) is 0 Å². The lowest BCUT2D eigenvalue weighted by molar-refractivity contribution is 0.286. The highest BCUT2D eigenvalue weighted by Crippen LogP contribution is 2.41. The molecule has 0 saturated heterocycles. The molecule has 0 aliphatic carbocycles. The summed E-state index contributed by atoms with van der Waals surface area (Å²) in [5, 5.41) is 3.63. The van der Waals surface area contributed by atoms with Crippen LogP contribution in [0.3, 0.4) is 0 Å². The molecule has 1 aliphatic heterocycles. The van der Waals surface area contributed by atoms with Crippen molar-refractivity contribution in [3.05, 3.63) is 46.5 Å². The Morgan fingerprint density at radius 3 is 2.11 bits per heavy atom. The predicted octanol–water partition coefficient (Wildman–Crippen LogP) is 4.04. The molecule has 0 saturated carbocycles. The third kappa shape index (κ3) is 3.83. The van der Waals surface area contributed by atoms with Crippen molar-refractivity contribution in [2.75, 3.05) is 34.0 Å². The summed E-state index contributed by atoms with van der Waals surface area (Å²) in [4.78, 5) is 0. The Morgan fingerprint density at radius 1 is 0.852 bits per heavy atom. The van der Waals surface area contributed by atoms with E-state index in [0.29, 0.717) is 13.2 Å². The fourth-order valence-corrected chi connectivity index (χ4v) is 3.68. The molecule has 3 rings (SSSR count). The van der Waals surface area contributed by atoms with Crippen LogP contribution in [-0.4, -0.2) is 34.0 Å². The van der Waals surface area contributed by atoms with Crippen molar-refractivity contribution in [2.24, 2.45) is 0 Å². The second kappa shape index (κ2) is 8.53. The van der Waals surface area contributed by atoms with Gasteiger partial charge in [0.2, 0.25) is 0 Å². The lowest BCUT2D eigenvalue weighted by atomic mass is 9.88. The second-order valence-electron chi connectivity index (χ2n) is 6.56. The smallest absolute Gasteiger partial charge is 0.161 e. The van der Waals surface area contributed by atoms with E-state index in [-0.39, 0.29) is 6.04 Å². The second-order valence-corrected chi connectivity index (χ2v) is 6.56. The zero-order valence-electron chi connectivity index (χ0n) is 16.8. The van der Waals surface area contributed by atoms with Gasteiger partial charge in [-0.05, 0) is 68.1 Å². The summed E-state index contributed by atoms with van der Waals surface area (Å²) >= 11 is 0. The molecule has 1 unspecified atom stereocenters. The molecule has 27 heavy (non-hydrogen) atoms. The Morgan fingerprint density at radius 2 is 1.48 bits per heavy atom. The van der Waals surface area contributed by atoms with Crippen molar-refractivity contribution in [1.82, 2.24) is 5.32 Å². The minimum Gasteiger partial charge on any atom is -0.496 e. The van der Waals surface area contributed by atoms with E-state index in [1.165, 1.54) is 11.1 Å². The van der Waals surface area contributed by atoms with Crippen LogP contribution in [0.15, 0.2) is 24.3 Å². The van der Waals surface area contributed by atoms with Crippen LogP contribution in [-0.2, 0) is 6.42 Å². The zero-order chi connectivity index (χ0) is 19.4. The molecular formula is C22H29NO4. The number of ether oxygens (including phenoxy) is 4. The van der Waals surface area contributed by atoms with E-state index in [4.69, 9.17) is 18.9 Å². The van der Waals surface area contributed by atoms with Gasteiger partial charge in [0.05, 0.1) is 33.5 Å². The minimum absolute atomic E-state index is 0.00748. The monoisotopic (exact) mass is 371 g/mol. The molecule has 5 heteroatoms. The van der Waals surface area contributed by atoms with Gasteiger partial charge in [-0.3, -0.25) is 0 Å². The standard InChI is InChI=1S/C22H29NO4/c1-6-26-20-11-15-8-9-23-22(16(15)12-21(20)27-7-2)17-13-18(24-4)14(3)10-19(17)25-5/h10-13,22-23H,6-9H2,1-5H3. The summed E-state index contributed by atoms with van der Waals surface area (Å²) in [7, 11) is 3.40. The average molecular weight is 371 g/mol. The zero-order valence-corrected chi connectivity index (χ0v) is 16.8. The van der Waals surface area contributed by atoms with Crippen molar-refractivity contribution in [1.29, 1.82) is 0 Å². The molecule has 0 fully saturated rings. The molecule has 146 valence electrons. The minimum atomic E-state index is 0.00748. The molecule has 5 nitrogen and oxygen atoms in total. The first-order chi connectivity index (χ1) is 13.1. The van der Waals surface area contributed by atoms with Crippen LogP contribution < -0.4 is 24.3 Å². The quantitative estimate of drug-likeness (QED) is 0.796. The lowest BCUT2D eigenvalue weighted by Crippen LogP contribution is -2.31. The van der Waals surface area contributed by atoms with Gasteiger partial charge < -0.3 is 24.3 Å². The molecule has 0 radical (unpaired) electrons. The van der Waals surface area contributed by atoms with Crippen molar-refractivity contribution < 1.29 is 18.9 Å². The van der Waals surface area contributed by atoms with E-state index in [9.17, 15) is 0 Å². The van der Waals surface area contributed by atoms with Crippen molar-refractivity contribution in [3.8, 4) is 23.0 Å². The summed E-state index contributed by atoms with van der Waals surface area (Å²) in [6.45, 7) is 8.09. The summed E-state index contributed by atoms with van der Waals surface area (Å²) in [6.07, 6.45) is 0.948. The predicted molar refractivity (Wildman–Crippen MR) is 107 cm³/mol. The number of benzene rings is 2. The fraction of sp³-hybridized carbons (Fsp3) is 0.455. The number of rotatable bonds is 7. The van der Waals surface area contributed by atoms with Gasteiger partial charge in [0.25, 0.3) is 0 Å². The first-order valence-corrected chi connectivity index (χ1v) is 9.51. The van der Waals surface area contributed by atoms with Crippen LogP contribution in [0.5, 0.6) is 23.0 Å². The first-order valence-electron chi connectivity index (χ1n) is 9.51. The molecule has 1 aliphatic rings. The number of methoxy groups -OCH3 is 2. The normalized spacial score (nSPS) is 15.8. The molecule has 0 bridgehead atoms. The maximum atomic E-state index is 5.85. The highest BCUT2D eigenvalue weighted by molar-refractivity contribution is 5.55. The number of aryl methyl sites for hydroxylation is 1. The van der Waals surface area contributed by atoms with Crippen LogP contribution in [0.2, 0.25) is 0 Å². The number of hydrogen-bond donors (Lipinski definition) is 1. The van der Waals surface area contributed by atoms with Gasteiger partial charge in [0.1, 0.15) is 11.5 Å². The van der Waals surface area contributed by atoms with Gasteiger partial charge >= 0.3 is 0 Å². The highest BCUT2D eigenvalue weighted by Gasteiger charge is 2.27. The van der Waals surface area contributed by atoms with Gasteiger partial charge in [-0.25, -0.2) is 0 Å². The van der Waals surface area contributed by atoms with Gasteiger partial charge in [-0.2, -0.15) is 0 Å². The largest absolute Gasteiger partial charge is 0.496 e. The van der Waals surface area contributed by atoms with Crippen LogP contribution in [0.1, 0.15) is 42.1 Å². The molecule has 1 atom stereocenters. The Bertz CT molecular complexity index is 803. The Balaban J connectivity index is 2.12. The van der Waals surface area contributed by atoms with Gasteiger partial charge in [-0.1, -0.05) is 0 Å². The number of hydrogen-bond acceptors (Lipinski definition) is 5. The SMILES string of the molecule is CCOc1cc2c(cc1OCC)C(c1cc(OC)c(C)cc1OC)NCC2. The lowest BCUT2D eigenvalue weighted by Gasteiger charge is -2.30. The molecular weight excluding hydrogens is 342 g/mol. The van der Waals surface area contributed by atoms with E-state index < -0.39 is 0 Å². The van der Waals surface area contributed by atoms with Crippen molar-refractivity contribution in [3.63, 3.8) is 0 Å². The van der Waals surface area contributed by atoms with E-state index in [0.717, 1.165) is 47.1 Å². The van der Waals surface area contributed by atoms with Crippen LogP contribution in [0, 0.1) is 6.92 Å². The third-order valence-corrected chi connectivity index (χ3v) is 4.92. The summed E-state index contributed by atoms with van der Waals surface area (Å²) in [5.74, 6) is 3.30. The van der Waals surface area contributed by atoms with E-state index in [2.05, 4.69) is 23.5 Å². The number of fused-ring (bicyclic) bond motifs is 1. The summed E-state index contributed by atoms with van der Waals surface area (Å²) in [6, 6.07) is 8.33. The van der Waals surface area contributed by atoms with E-state index >= 15 is 0 Å². The van der Waals surface area contributed by atoms with Crippen molar-refractivity contribution in [2.45, 2.75) is 33.2 Å². The van der Waals surface area contributed by atoms with Crippen molar-refractivity contribution >= 4 is 0 Å². The van der Waals surface area contributed by atoms with Gasteiger partial charge in [-0.15, -0.1) is 0 Å². The maximum absolute atomic E-state index is 5.85. The molecule has 0 aromatic heterocycles. The Hall–Kier alpha value is -2.40. The van der Waals surface area contributed by atoms with Gasteiger partial charge in [0.15, 0.2) is 11.5 Å². The molecule has 0 spiro atoms. The molecule has 2 aromatic carbocycles. The average Bonchev–Trinajstić information content (AvgIpc) is 2.68. The van der Waals surface area contributed by atoms with E-state index in [1.807, 2.05) is 26.8 Å². The third-order valence-electron chi connectivity index (χ3n) is 4.92. The molecule has 2 aromatic rings. The topological polar surface area (TPSA) is 49.0 Å².